The van der Waals surface area contributed by atoms with E-state index in [9.17, 15) is 9.59 Å². The van der Waals surface area contributed by atoms with Crippen molar-refractivity contribution in [2.75, 3.05) is 0 Å². The van der Waals surface area contributed by atoms with Gasteiger partial charge in [-0.1, -0.05) is 6.92 Å². The molecule has 0 aromatic carbocycles. The summed E-state index contributed by atoms with van der Waals surface area (Å²) in [6, 6.07) is 0. The number of primary amides is 1. The second-order valence-electron chi connectivity index (χ2n) is 3.69. The fourth-order valence-corrected chi connectivity index (χ4v) is 1.41. The molecule has 0 radical (unpaired) electrons. The van der Waals surface area contributed by atoms with Crippen LogP contribution in [0.5, 0.6) is 0 Å². The molecule has 5 nitrogen and oxygen atoms in total. The van der Waals surface area contributed by atoms with Gasteiger partial charge < -0.3 is 5.73 Å². The minimum absolute atomic E-state index is 0.289. The minimum atomic E-state index is -0.366. The van der Waals surface area contributed by atoms with Crippen molar-refractivity contribution in [3.8, 4) is 0 Å². The summed E-state index contributed by atoms with van der Waals surface area (Å²) >= 11 is 0. The molecule has 0 saturated carbocycles. The summed E-state index contributed by atoms with van der Waals surface area (Å²) in [5.74, 6) is -0.655. The first kappa shape index (κ1) is 11.4. The van der Waals surface area contributed by atoms with E-state index in [4.69, 9.17) is 5.73 Å². The maximum atomic E-state index is 10.9. The van der Waals surface area contributed by atoms with E-state index in [1.54, 1.807) is 25.5 Å². The SMILES string of the molecule is Cc1nn(CC(C)C(N)=O)c(C)c1C=O. The van der Waals surface area contributed by atoms with Gasteiger partial charge in [-0.15, -0.1) is 0 Å². The Kier molecular flexibility index (Phi) is 3.24. The highest BCUT2D eigenvalue weighted by atomic mass is 16.1. The average molecular weight is 209 g/mol. The highest BCUT2D eigenvalue weighted by molar-refractivity contribution is 5.78. The average Bonchev–Trinajstić information content (AvgIpc) is 2.41. The van der Waals surface area contributed by atoms with Crippen LogP contribution in [0.4, 0.5) is 0 Å². The van der Waals surface area contributed by atoms with Gasteiger partial charge in [-0.2, -0.15) is 5.10 Å². The number of carbonyl (C=O) groups is 2. The smallest absolute Gasteiger partial charge is 0.222 e. The Morgan fingerprint density at radius 2 is 2.20 bits per heavy atom. The summed E-state index contributed by atoms with van der Waals surface area (Å²) in [6.07, 6.45) is 0.781. The Bertz CT molecular complexity index is 396. The summed E-state index contributed by atoms with van der Waals surface area (Å²) in [5.41, 5.74) is 7.20. The van der Waals surface area contributed by atoms with Gasteiger partial charge >= 0.3 is 0 Å². The molecule has 0 spiro atoms. The van der Waals surface area contributed by atoms with E-state index in [2.05, 4.69) is 5.10 Å². The topological polar surface area (TPSA) is 78.0 Å². The lowest BCUT2D eigenvalue weighted by Gasteiger charge is -2.08. The van der Waals surface area contributed by atoms with E-state index in [1.165, 1.54) is 0 Å². The largest absolute Gasteiger partial charge is 0.369 e. The molecule has 82 valence electrons. The minimum Gasteiger partial charge on any atom is -0.369 e. The third-order valence-corrected chi connectivity index (χ3v) is 2.49. The molecule has 1 rings (SSSR count). The Morgan fingerprint density at radius 3 is 2.60 bits per heavy atom. The molecule has 5 heteroatoms. The van der Waals surface area contributed by atoms with Gasteiger partial charge in [-0.3, -0.25) is 14.3 Å². The van der Waals surface area contributed by atoms with Crippen LogP contribution in [0.1, 0.15) is 28.7 Å². The lowest BCUT2D eigenvalue weighted by atomic mass is 10.1. The molecule has 0 aliphatic rings. The Morgan fingerprint density at radius 1 is 1.60 bits per heavy atom. The zero-order valence-corrected chi connectivity index (χ0v) is 9.15. The van der Waals surface area contributed by atoms with Gasteiger partial charge in [-0.05, 0) is 13.8 Å². The number of hydrogen-bond acceptors (Lipinski definition) is 3. The van der Waals surface area contributed by atoms with E-state index in [-0.39, 0.29) is 11.8 Å². The Labute approximate surface area is 88.3 Å². The number of aldehydes is 1. The van der Waals surface area contributed by atoms with Gasteiger partial charge in [0.2, 0.25) is 5.91 Å². The van der Waals surface area contributed by atoms with Crippen LogP contribution in [0.25, 0.3) is 0 Å². The van der Waals surface area contributed by atoms with Crippen molar-refractivity contribution in [2.45, 2.75) is 27.3 Å². The fourth-order valence-electron chi connectivity index (χ4n) is 1.41. The molecule has 0 aliphatic heterocycles. The summed E-state index contributed by atoms with van der Waals surface area (Å²) in [4.78, 5) is 21.6. The molecule has 1 heterocycles. The zero-order chi connectivity index (χ0) is 11.6. The maximum Gasteiger partial charge on any atom is 0.222 e. The Balaban J connectivity index is 2.96. The Hall–Kier alpha value is -1.65. The van der Waals surface area contributed by atoms with Gasteiger partial charge in [0.1, 0.15) is 0 Å². The van der Waals surface area contributed by atoms with Gasteiger partial charge in [-0.25, -0.2) is 0 Å². The molecule has 1 unspecified atom stereocenters. The molecule has 0 fully saturated rings. The van der Waals surface area contributed by atoms with Crippen LogP contribution in [0.2, 0.25) is 0 Å². The highest BCUT2D eigenvalue weighted by Gasteiger charge is 2.15. The summed E-state index contributed by atoms with van der Waals surface area (Å²) < 4.78 is 1.65. The van der Waals surface area contributed by atoms with Crippen molar-refractivity contribution in [1.82, 2.24) is 9.78 Å². The second-order valence-corrected chi connectivity index (χ2v) is 3.69. The molecule has 1 aromatic heterocycles. The molecule has 1 atom stereocenters. The van der Waals surface area contributed by atoms with E-state index in [0.717, 1.165) is 12.0 Å². The zero-order valence-electron chi connectivity index (χ0n) is 9.15. The molecule has 15 heavy (non-hydrogen) atoms. The van der Waals surface area contributed by atoms with Crippen LogP contribution in [0.3, 0.4) is 0 Å². The van der Waals surface area contributed by atoms with Gasteiger partial charge in [0, 0.05) is 5.69 Å². The van der Waals surface area contributed by atoms with E-state index in [0.29, 0.717) is 17.8 Å². The van der Waals surface area contributed by atoms with Crippen molar-refractivity contribution < 1.29 is 9.59 Å². The number of amides is 1. The predicted octanol–water partition coefficient (Wildman–Crippen LogP) is 0.434. The molecule has 0 saturated heterocycles. The second kappa shape index (κ2) is 4.25. The normalized spacial score (nSPS) is 12.5. The number of nitrogens with zero attached hydrogens (tertiary/aromatic N) is 2. The van der Waals surface area contributed by atoms with Crippen molar-refractivity contribution in [3.05, 3.63) is 17.0 Å². The molecule has 0 bridgehead atoms. The van der Waals surface area contributed by atoms with Crippen LogP contribution in [-0.2, 0) is 11.3 Å². The highest BCUT2D eigenvalue weighted by Crippen LogP contribution is 2.12. The molecule has 0 aliphatic carbocycles. The van der Waals surface area contributed by atoms with Gasteiger partial charge in [0.25, 0.3) is 0 Å². The number of aryl methyl sites for hydroxylation is 1. The lowest BCUT2D eigenvalue weighted by Crippen LogP contribution is -2.25. The quantitative estimate of drug-likeness (QED) is 0.730. The van der Waals surface area contributed by atoms with E-state index < -0.39 is 0 Å². The standard InChI is InChI=1S/C10H15N3O2/c1-6(10(11)15)4-13-8(3)9(5-14)7(2)12-13/h5-6H,4H2,1-3H3,(H2,11,15). The van der Waals surface area contributed by atoms with Gasteiger partial charge in [0.05, 0.1) is 23.7 Å². The summed E-state index contributed by atoms with van der Waals surface area (Å²) in [6.45, 7) is 5.72. The molecule has 2 N–H and O–H groups in total. The lowest BCUT2D eigenvalue weighted by molar-refractivity contribution is -0.121. The third-order valence-electron chi connectivity index (χ3n) is 2.49. The maximum absolute atomic E-state index is 10.9. The van der Waals surface area contributed by atoms with E-state index in [1.807, 2.05) is 0 Å². The molecular formula is C10H15N3O2. The van der Waals surface area contributed by atoms with Crippen molar-refractivity contribution in [2.24, 2.45) is 11.7 Å². The van der Waals surface area contributed by atoms with Crippen molar-refractivity contribution >= 4 is 12.2 Å². The van der Waals surface area contributed by atoms with E-state index >= 15 is 0 Å². The molecule has 1 amide bonds. The van der Waals surface area contributed by atoms with Crippen molar-refractivity contribution in [1.29, 1.82) is 0 Å². The van der Waals surface area contributed by atoms with Crippen LogP contribution >= 0.6 is 0 Å². The fraction of sp³-hybridized carbons (Fsp3) is 0.500. The number of aromatic nitrogens is 2. The predicted molar refractivity (Wildman–Crippen MR) is 55.4 cm³/mol. The van der Waals surface area contributed by atoms with Crippen LogP contribution in [0.15, 0.2) is 0 Å². The first-order valence-corrected chi connectivity index (χ1v) is 4.75. The first-order chi connectivity index (χ1) is 6.97. The number of rotatable bonds is 4. The first-order valence-electron chi connectivity index (χ1n) is 4.75. The molecular weight excluding hydrogens is 194 g/mol. The summed E-state index contributed by atoms with van der Waals surface area (Å²) in [5, 5.41) is 4.18. The van der Waals surface area contributed by atoms with Crippen LogP contribution in [-0.4, -0.2) is 22.0 Å². The van der Waals surface area contributed by atoms with Gasteiger partial charge in [0.15, 0.2) is 6.29 Å². The number of nitrogens with two attached hydrogens (primary N) is 1. The van der Waals surface area contributed by atoms with Crippen LogP contribution in [0, 0.1) is 19.8 Å². The number of hydrogen-bond donors (Lipinski definition) is 1. The summed E-state index contributed by atoms with van der Waals surface area (Å²) in [7, 11) is 0. The third kappa shape index (κ3) is 2.23. The van der Waals surface area contributed by atoms with Crippen molar-refractivity contribution in [3.63, 3.8) is 0 Å². The monoisotopic (exact) mass is 209 g/mol. The number of carbonyl (C=O) groups excluding carboxylic acids is 2. The van der Waals surface area contributed by atoms with Crippen LogP contribution < -0.4 is 5.73 Å². The molecule has 1 aromatic rings.